The number of nitrogens with zero attached hydrogens (tertiary/aromatic N) is 2. The monoisotopic (exact) mass is 445 g/mol. The highest BCUT2D eigenvalue weighted by Gasteiger charge is 2.38. The Morgan fingerprint density at radius 1 is 1.13 bits per heavy atom. The van der Waals surface area contributed by atoms with Crippen LogP contribution in [0.15, 0.2) is 24.3 Å². The number of ether oxygens (including phenoxy) is 1. The van der Waals surface area contributed by atoms with Gasteiger partial charge in [-0.1, -0.05) is 11.6 Å². The number of aromatic nitrogens is 1. The highest BCUT2D eigenvalue weighted by molar-refractivity contribution is 6.31. The summed E-state index contributed by atoms with van der Waals surface area (Å²) in [6, 6.07) is 7.75. The molecule has 0 bridgehead atoms. The number of halogens is 1. The lowest BCUT2D eigenvalue weighted by Gasteiger charge is -2.43. The van der Waals surface area contributed by atoms with Gasteiger partial charge in [0.25, 0.3) is 5.91 Å². The number of benzene rings is 1. The summed E-state index contributed by atoms with van der Waals surface area (Å²) in [5, 5.41) is 4.89. The molecule has 2 aromatic rings. The van der Waals surface area contributed by atoms with Crippen LogP contribution in [0.3, 0.4) is 0 Å². The van der Waals surface area contributed by atoms with Gasteiger partial charge in [-0.15, -0.1) is 0 Å². The molecule has 2 heterocycles. The highest BCUT2D eigenvalue weighted by Crippen LogP contribution is 2.37. The van der Waals surface area contributed by atoms with Gasteiger partial charge < -0.3 is 19.5 Å². The number of aryl methyl sites for hydroxylation is 1. The van der Waals surface area contributed by atoms with Crippen molar-refractivity contribution in [3.05, 3.63) is 35.0 Å². The zero-order valence-corrected chi connectivity index (χ0v) is 19.5. The SMILES string of the molecule is Cn1c(C(=O)NC2CCC3CN(C(=O)OC(C)(C)C)CCC3C2)cc2cc(Cl)ccc21. The summed E-state index contributed by atoms with van der Waals surface area (Å²) in [4.78, 5) is 27.3. The lowest BCUT2D eigenvalue weighted by Crippen LogP contribution is -2.50. The standard InChI is InChI=1S/C24H32ClN3O3/c1-24(2,3)31-23(30)28-10-9-15-12-19(7-5-16(15)14-28)26-22(29)21-13-17-11-18(25)6-8-20(17)27(21)4/h6,8,11,13,15-16,19H,5,7,9-10,12,14H2,1-4H3,(H,26,29). The van der Waals surface area contributed by atoms with Crippen molar-refractivity contribution >= 4 is 34.5 Å². The lowest BCUT2D eigenvalue weighted by molar-refractivity contribution is 0.00388. The highest BCUT2D eigenvalue weighted by atomic mass is 35.5. The number of likely N-dealkylation sites (tertiary alicyclic amines) is 1. The number of carbonyl (C=O) groups excluding carboxylic acids is 2. The van der Waals surface area contributed by atoms with Crippen molar-refractivity contribution in [3.63, 3.8) is 0 Å². The minimum atomic E-state index is -0.469. The van der Waals surface area contributed by atoms with E-state index in [4.69, 9.17) is 16.3 Å². The molecule has 168 valence electrons. The molecule has 2 fully saturated rings. The van der Waals surface area contributed by atoms with E-state index in [2.05, 4.69) is 5.32 Å². The van der Waals surface area contributed by atoms with E-state index in [0.29, 0.717) is 22.6 Å². The average molecular weight is 446 g/mol. The van der Waals surface area contributed by atoms with Crippen LogP contribution in [0, 0.1) is 11.8 Å². The maximum Gasteiger partial charge on any atom is 0.410 e. The van der Waals surface area contributed by atoms with Crippen LogP contribution in [-0.2, 0) is 11.8 Å². The number of carbonyl (C=O) groups is 2. The van der Waals surface area contributed by atoms with Gasteiger partial charge in [-0.3, -0.25) is 4.79 Å². The molecule has 1 aliphatic heterocycles. The van der Waals surface area contributed by atoms with Gasteiger partial charge in [-0.2, -0.15) is 0 Å². The van der Waals surface area contributed by atoms with Crippen molar-refractivity contribution in [2.24, 2.45) is 18.9 Å². The fraction of sp³-hybridized carbons (Fsp3) is 0.583. The number of piperidine rings is 1. The summed E-state index contributed by atoms with van der Waals surface area (Å²) in [6.45, 7) is 7.17. The molecule has 2 amide bonds. The largest absolute Gasteiger partial charge is 0.444 e. The average Bonchev–Trinajstić information content (AvgIpc) is 3.02. The summed E-state index contributed by atoms with van der Waals surface area (Å²) in [7, 11) is 1.91. The first kappa shape index (κ1) is 22.0. The maximum absolute atomic E-state index is 13.0. The number of hydrogen-bond donors (Lipinski definition) is 1. The third-order valence-corrected chi connectivity index (χ3v) is 6.82. The van der Waals surface area contributed by atoms with E-state index in [0.717, 1.165) is 49.7 Å². The predicted octanol–water partition coefficient (Wildman–Crippen LogP) is 4.99. The van der Waals surface area contributed by atoms with E-state index in [-0.39, 0.29) is 18.0 Å². The minimum Gasteiger partial charge on any atom is -0.444 e. The van der Waals surface area contributed by atoms with Gasteiger partial charge in [0.1, 0.15) is 11.3 Å². The molecule has 1 aliphatic carbocycles. The molecule has 31 heavy (non-hydrogen) atoms. The van der Waals surface area contributed by atoms with Gasteiger partial charge in [0.2, 0.25) is 0 Å². The smallest absolute Gasteiger partial charge is 0.410 e. The summed E-state index contributed by atoms with van der Waals surface area (Å²) >= 11 is 6.10. The van der Waals surface area contributed by atoms with Crippen LogP contribution in [0.25, 0.3) is 10.9 Å². The Kier molecular flexibility index (Phi) is 5.95. The lowest BCUT2D eigenvalue weighted by atomic mass is 9.73. The summed E-state index contributed by atoms with van der Waals surface area (Å²) in [5.41, 5.74) is 1.18. The van der Waals surface area contributed by atoms with Crippen LogP contribution >= 0.6 is 11.6 Å². The van der Waals surface area contributed by atoms with Crippen LogP contribution in [0.5, 0.6) is 0 Å². The van der Waals surface area contributed by atoms with Gasteiger partial charge in [-0.25, -0.2) is 4.79 Å². The Labute approximate surface area is 188 Å². The fourth-order valence-electron chi connectivity index (χ4n) is 5.04. The van der Waals surface area contributed by atoms with Gasteiger partial charge >= 0.3 is 6.09 Å². The van der Waals surface area contributed by atoms with Gasteiger partial charge in [-0.05, 0) is 82.6 Å². The van der Waals surface area contributed by atoms with E-state index >= 15 is 0 Å². The number of nitrogens with one attached hydrogen (secondary N) is 1. The molecule has 1 aromatic carbocycles. The third kappa shape index (κ3) is 4.84. The van der Waals surface area contributed by atoms with Crippen LogP contribution in [0.2, 0.25) is 5.02 Å². The number of hydrogen-bond acceptors (Lipinski definition) is 3. The van der Waals surface area contributed by atoms with Gasteiger partial charge in [0.15, 0.2) is 0 Å². The molecular formula is C24H32ClN3O3. The number of amides is 2. The van der Waals surface area contributed by atoms with Crippen molar-refractivity contribution in [1.82, 2.24) is 14.8 Å². The van der Waals surface area contributed by atoms with E-state index < -0.39 is 5.60 Å². The Morgan fingerprint density at radius 2 is 1.90 bits per heavy atom. The molecule has 4 rings (SSSR count). The maximum atomic E-state index is 13.0. The quantitative estimate of drug-likeness (QED) is 0.708. The van der Waals surface area contributed by atoms with Crippen LogP contribution < -0.4 is 5.32 Å². The van der Waals surface area contributed by atoms with Crippen molar-refractivity contribution in [2.75, 3.05) is 13.1 Å². The molecule has 7 heteroatoms. The molecule has 2 aliphatic rings. The second-order valence-corrected chi connectivity index (χ2v) is 10.4. The Balaban J connectivity index is 1.36. The topological polar surface area (TPSA) is 63.6 Å². The predicted molar refractivity (Wildman–Crippen MR) is 122 cm³/mol. The third-order valence-electron chi connectivity index (χ3n) is 6.59. The molecule has 0 spiro atoms. The molecule has 3 unspecified atom stereocenters. The molecular weight excluding hydrogens is 414 g/mol. The molecule has 1 N–H and O–H groups in total. The molecule has 0 radical (unpaired) electrons. The molecule has 1 saturated heterocycles. The summed E-state index contributed by atoms with van der Waals surface area (Å²) in [5.74, 6) is 0.975. The number of fused-ring (bicyclic) bond motifs is 2. The Hall–Kier alpha value is -2.21. The Morgan fingerprint density at radius 3 is 2.65 bits per heavy atom. The zero-order valence-electron chi connectivity index (χ0n) is 18.8. The first-order chi connectivity index (χ1) is 14.6. The Bertz CT molecular complexity index is 994. The van der Waals surface area contributed by atoms with E-state index in [1.807, 2.05) is 61.6 Å². The van der Waals surface area contributed by atoms with Crippen LogP contribution in [0.4, 0.5) is 4.79 Å². The number of rotatable bonds is 2. The van der Waals surface area contributed by atoms with Gasteiger partial charge in [0.05, 0.1) is 0 Å². The molecule has 3 atom stereocenters. The zero-order chi connectivity index (χ0) is 22.3. The molecule has 6 nitrogen and oxygen atoms in total. The second-order valence-electron chi connectivity index (χ2n) is 10.0. The normalized spacial score (nSPS) is 24.0. The van der Waals surface area contributed by atoms with Crippen molar-refractivity contribution in [1.29, 1.82) is 0 Å². The summed E-state index contributed by atoms with van der Waals surface area (Å²) in [6.07, 6.45) is 3.67. The molecule has 1 saturated carbocycles. The minimum absolute atomic E-state index is 0.0375. The van der Waals surface area contributed by atoms with Crippen LogP contribution in [0.1, 0.15) is 56.9 Å². The van der Waals surface area contributed by atoms with E-state index in [1.165, 1.54) is 0 Å². The fourth-order valence-corrected chi connectivity index (χ4v) is 5.22. The van der Waals surface area contributed by atoms with Crippen molar-refractivity contribution < 1.29 is 14.3 Å². The second kappa shape index (κ2) is 8.38. The van der Waals surface area contributed by atoms with Crippen molar-refractivity contribution in [3.8, 4) is 0 Å². The van der Waals surface area contributed by atoms with E-state index in [9.17, 15) is 9.59 Å². The van der Waals surface area contributed by atoms with Gasteiger partial charge in [0, 0.05) is 42.1 Å². The van der Waals surface area contributed by atoms with Crippen LogP contribution in [-0.4, -0.2) is 46.2 Å². The molecule has 1 aromatic heterocycles. The first-order valence-corrected chi connectivity index (χ1v) is 11.5. The van der Waals surface area contributed by atoms with Crippen molar-refractivity contribution in [2.45, 2.75) is 58.1 Å². The summed E-state index contributed by atoms with van der Waals surface area (Å²) < 4.78 is 7.47. The van der Waals surface area contributed by atoms with E-state index in [1.54, 1.807) is 0 Å². The first-order valence-electron chi connectivity index (χ1n) is 11.1.